The summed E-state index contributed by atoms with van der Waals surface area (Å²) in [6.07, 6.45) is 3.44. The first-order valence-electron chi connectivity index (χ1n) is 8.17. The number of carbonyl (C=O) groups is 1. The number of benzene rings is 2. The van der Waals surface area contributed by atoms with E-state index in [0.29, 0.717) is 12.1 Å². The Kier molecular flexibility index (Phi) is 4.61. The van der Waals surface area contributed by atoms with Crippen molar-refractivity contribution in [1.82, 2.24) is 5.32 Å². The van der Waals surface area contributed by atoms with E-state index in [-0.39, 0.29) is 11.7 Å². The molecule has 24 heavy (non-hydrogen) atoms. The van der Waals surface area contributed by atoms with Gasteiger partial charge in [-0.15, -0.1) is 0 Å². The summed E-state index contributed by atoms with van der Waals surface area (Å²) in [5.74, 6) is -0.353. The molecule has 4 heteroatoms. The normalized spacial score (nSPS) is 15.7. The summed E-state index contributed by atoms with van der Waals surface area (Å²) in [6, 6.07) is 15.6. The monoisotopic (exact) mass is 322 g/mol. The second kappa shape index (κ2) is 6.84. The first-order valence-corrected chi connectivity index (χ1v) is 8.17. The van der Waals surface area contributed by atoms with Gasteiger partial charge >= 0.3 is 0 Å². The number of hydrogen-bond donors (Lipinski definition) is 1. The van der Waals surface area contributed by atoms with Crippen LogP contribution in [0, 0.1) is 17.1 Å². The van der Waals surface area contributed by atoms with Crippen molar-refractivity contribution in [3.05, 3.63) is 71.0 Å². The Balaban J connectivity index is 1.76. The highest BCUT2D eigenvalue weighted by Crippen LogP contribution is 2.41. The lowest BCUT2D eigenvalue weighted by Crippen LogP contribution is -2.42. The zero-order valence-electron chi connectivity index (χ0n) is 13.4. The third-order valence-corrected chi connectivity index (χ3v) is 4.81. The minimum Gasteiger partial charge on any atom is -0.351 e. The number of amides is 1. The molecule has 1 amide bonds. The number of carbonyl (C=O) groups excluding carboxylic acids is 1. The molecule has 0 aromatic heterocycles. The second-order valence-corrected chi connectivity index (χ2v) is 6.29. The largest absolute Gasteiger partial charge is 0.351 e. The lowest BCUT2D eigenvalue weighted by atomic mass is 9.78. The van der Waals surface area contributed by atoms with E-state index in [0.717, 1.165) is 36.8 Å². The van der Waals surface area contributed by atoms with Crippen LogP contribution in [0.3, 0.4) is 0 Å². The molecule has 0 aliphatic heterocycles. The van der Waals surface area contributed by atoms with E-state index in [4.69, 9.17) is 5.26 Å². The fourth-order valence-electron chi connectivity index (χ4n) is 3.46. The molecule has 1 aliphatic carbocycles. The van der Waals surface area contributed by atoms with E-state index >= 15 is 0 Å². The van der Waals surface area contributed by atoms with Crippen LogP contribution >= 0.6 is 0 Å². The van der Waals surface area contributed by atoms with Crippen LogP contribution in [0.15, 0.2) is 48.5 Å². The molecule has 0 heterocycles. The molecule has 2 aromatic carbocycles. The Morgan fingerprint density at radius 2 is 1.88 bits per heavy atom. The van der Waals surface area contributed by atoms with Crippen LogP contribution < -0.4 is 5.32 Å². The Hall–Kier alpha value is -2.67. The van der Waals surface area contributed by atoms with Gasteiger partial charge in [0.15, 0.2) is 0 Å². The predicted octanol–water partition coefficient (Wildman–Crippen LogP) is 3.83. The molecule has 2 aromatic rings. The quantitative estimate of drug-likeness (QED) is 0.930. The summed E-state index contributed by atoms with van der Waals surface area (Å²) in [7, 11) is 0. The molecule has 1 saturated carbocycles. The lowest BCUT2D eigenvalue weighted by Gasteiger charge is -2.28. The van der Waals surface area contributed by atoms with Gasteiger partial charge in [0.2, 0.25) is 5.91 Å². The van der Waals surface area contributed by atoms with Crippen molar-refractivity contribution in [2.75, 3.05) is 0 Å². The maximum Gasteiger partial charge on any atom is 0.230 e. The van der Waals surface area contributed by atoms with Crippen LogP contribution in [0.2, 0.25) is 0 Å². The maximum absolute atomic E-state index is 13.6. The number of hydrogen-bond acceptors (Lipinski definition) is 2. The molecule has 3 rings (SSSR count). The summed E-state index contributed by atoms with van der Waals surface area (Å²) >= 11 is 0. The Morgan fingerprint density at radius 1 is 1.17 bits per heavy atom. The summed E-state index contributed by atoms with van der Waals surface area (Å²) in [4.78, 5) is 12.9. The number of nitriles is 1. The average Bonchev–Trinajstić information content (AvgIpc) is 3.11. The molecule has 1 N–H and O–H groups in total. The predicted molar refractivity (Wildman–Crippen MR) is 89.5 cm³/mol. The maximum atomic E-state index is 13.6. The van der Waals surface area contributed by atoms with E-state index < -0.39 is 5.41 Å². The smallest absolute Gasteiger partial charge is 0.230 e. The molecule has 122 valence electrons. The summed E-state index contributed by atoms with van der Waals surface area (Å²) < 4.78 is 13.6. The summed E-state index contributed by atoms with van der Waals surface area (Å²) in [6.45, 7) is 0.404. The molecule has 0 spiro atoms. The summed E-state index contributed by atoms with van der Waals surface area (Å²) in [5, 5.41) is 11.8. The third kappa shape index (κ3) is 3.16. The minimum absolute atomic E-state index is 0.0463. The van der Waals surface area contributed by atoms with Crippen LogP contribution in [-0.4, -0.2) is 5.91 Å². The minimum atomic E-state index is -0.630. The van der Waals surface area contributed by atoms with Gasteiger partial charge in [0.1, 0.15) is 5.82 Å². The SMILES string of the molecule is N#Cc1ccc(CNC(=O)C2(c3cccc(F)c3)CCCC2)cc1. The lowest BCUT2D eigenvalue weighted by molar-refractivity contribution is -0.126. The number of nitrogens with zero attached hydrogens (tertiary/aromatic N) is 1. The highest BCUT2D eigenvalue weighted by Gasteiger charge is 2.42. The second-order valence-electron chi connectivity index (χ2n) is 6.29. The average molecular weight is 322 g/mol. The molecule has 3 nitrogen and oxygen atoms in total. The number of nitrogens with one attached hydrogen (secondary N) is 1. The van der Waals surface area contributed by atoms with Crippen molar-refractivity contribution in [3.63, 3.8) is 0 Å². The van der Waals surface area contributed by atoms with Crippen molar-refractivity contribution < 1.29 is 9.18 Å². The van der Waals surface area contributed by atoms with Crippen molar-refractivity contribution >= 4 is 5.91 Å². The van der Waals surface area contributed by atoms with Gasteiger partial charge in [-0.2, -0.15) is 5.26 Å². The van der Waals surface area contributed by atoms with E-state index in [1.54, 1.807) is 18.2 Å². The van der Waals surface area contributed by atoms with Crippen LogP contribution in [0.25, 0.3) is 0 Å². The van der Waals surface area contributed by atoms with E-state index in [9.17, 15) is 9.18 Å². The van der Waals surface area contributed by atoms with Crippen LogP contribution in [0.5, 0.6) is 0 Å². The van der Waals surface area contributed by atoms with E-state index in [2.05, 4.69) is 11.4 Å². The van der Waals surface area contributed by atoms with Gasteiger partial charge in [0, 0.05) is 6.54 Å². The van der Waals surface area contributed by atoms with Crippen LogP contribution in [0.1, 0.15) is 42.4 Å². The molecular weight excluding hydrogens is 303 g/mol. The molecular formula is C20H19FN2O. The van der Waals surface area contributed by atoms with E-state index in [1.165, 1.54) is 12.1 Å². The highest BCUT2D eigenvalue weighted by molar-refractivity contribution is 5.88. The standard InChI is InChI=1S/C20H19FN2O/c21-18-5-3-4-17(12-18)20(10-1-2-11-20)19(24)23-14-16-8-6-15(13-22)7-9-16/h3-9,12H,1-2,10-11,14H2,(H,23,24). The Labute approximate surface area is 141 Å². The fourth-order valence-corrected chi connectivity index (χ4v) is 3.46. The zero-order valence-corrected chi connectivity index (χ0v) is 13.4. The highest BCUT2D eigenvalue weighted by atomic mass is 19.1. The van der Waals surface area contributed by atoms with Crippen molar-refractivity contribution in [1.29, 1.82) is 5.26 Å². The Bertz CT molecular complexity index is 771. The molecule has 0 unspecified atom stereocenters. The molecule has 0 atom stereocenters. The van der Waals surface area contributed by atoms with E-state index in [1.807, 2.05) is 18.2 Å². The van der Waals surface area contributed by atoms with Crippen molar-refractivity contribution in [2.24, 2.45) is 0 Å². The van der Waals surface area contributed by atoms with Gasteiger partial charge in [-0.05, 0) is 48.2 Å². The first kappa shape index (κ1) is 16.2. The zero-order chi connectivity index (χ0) is 17.0. The van der Waals surface area contributed by atoms with Crippen LogP contribution in [-0.2, 0) is 16.8 Å². The van der Waals surface area contributed by atoms with Crippen molar-refractivity contribution in [3.8, 4) is 6.07 Å². The van der Waals surface area contributed by atoms with Gasteiger partial charge < -0.3 is 5.32 Å². The van der Waals surface area contributed by atoms with Gasteiger partial charge in [-0.25, -0.2) is 4.39 Å². The third-order valence-electron chi connectivity index (χ3n) is 4.81. The fraction of sp³-hybridized carbons (Fsp3) is 0.300. The number of rotatable bonds is 4. The van der Waals surface area contributed by atoms with Crippen molar-refractivity contribution in [2.45, 2.75) is 37.6 Å². The summed E-state index contributed by atoms with van der Waals surface area (Å²) in [5.41, 5.74) is 1.67. The van der Waals surface area contributed by atoms with Gasteiger partial charge in [-0.3, -0.25) is 4.79 Å². The van der Waals surface area contributed by atoms with Gasteiger partial charge in [0.25, 0.3) is 0 Å². The first-order chi connectivity index (χ1) is 11.6. The molecule has 1 aliphatic rings. The van der Waals surface area contributed by atoms with Crippen LogP contribution in [0.4, 0.5) is 4.39 Å². The Morgan fingerprint density at radius 3 is 2.50 bits per heavy atom. The topological polar surface area (TPSA) is 52.9 Å². The van der Waals surface area contributed by atoms with Gasteiger partial charge in [0.05, 0.1) is 17.0 Å². The number of halogens is 1. The molecule has 0 bridgehead atoms. The van der Waals surface area contributed by atoms with Gasteiger partial charge in [-0.1, -0.05) is 37.1 Å². The molecule has 0 saturated heterocycles. The molecule has 1 fully saturated rings. The molecule has 0 radical (unpaired) electrons.